The van der Waals surface area contributed by atoms with Crippen molar-refractivity contribution < 1.29 is 4.79 Å². The van der Waals surface area contributed by atoms with Crippen LogP contribution in [0.5, 0.6) is 0 Å². The number of amides is 1. The molecule has 0 saturated carbocycles. The van der Waals surface area contributed by atoms with Crippen molar-refractivity contribution in [3.63, 3.8) is 0 Å². The predicted molar refractivity (Wildman–Crippen MR) is 99.9 cm³/mol. The molecule has 0 aliphatic rings. The molecule has 0 fully saturated rings. The van der Waals surface area contributed by atoms with Gasteiger partial charge < -0.3 is 9.88 Å². The number of carbonyl (C=O) groups excluding carboxylic acids is 1. The van der Waals surface area contributed by atoms with Crippen molar-refractivity contribution >= 4 is 16.8 Å². The van der Waals surface area contributed by atoms with E-state index in [-0.39, 0.29) is 12.5 Å². The van der Waals surface area contributed by atoms with Gasteiger partial charge in [-0.25, -0.2) is 9.67 Å². The van der Waals surface area contributed by atoms with Crippen LogP contribution in [-0.4, -0.2) is 25.2 Å². The molecule has 4 rings (SSSR count). The molecule has 4 aromatic rings. The number of nitrogens with one attached hydrogen (secondary N) is 1. The Bertz CT molecular complexity index is 1050. The Morgan fingerprint density at radius 1 is 1.12 bits per heavy atom. The Labute approximate surface area is 151 Å². The van der Waals surface area contributed by atoms with Gasteiger partial charge in [-0.1, -0.05) is 24.3 Å². The van der Waals surface area contributed by atoms with Crippen LogP contribution in [0.4, 0.5) is 0 Å². The molecular weight excluding hydrogens is 326 g/mol. The molecule has 0 atom stereocenters. The smallest absolute Gasteiger partial charge is 0.240 e. The number of para-hydroxylation sites is 1. The van der Waals surface area contributed by atoms with E-state index in [4.69, 9.17) is 0 Å². The third kappa shape index (κ3) is 3.09. The molecule has 0 spiro atoms. The maximum atomic E-state index is 12.5. The van der Waals surface area contributed by atoms with E-state index in [1.54, 1.807) is 17.1 Å². The molecule has 0 bridgehead atoms. The summed E-state index contributed by atoms with van der Waals surface area (Å²) < 4.78 is 3.73. The second-order valence-corrected chi connectivity index (χ2v) is 6.14. The second-order valence-electron chi connectivity index (χ2n) is 6.14. The van der Waals surface area contributed by atoms with Crippen molar-refractivity contribution in [3.8, 4) is 5.82 Å². The molecule has 6 nitrogen and oxygen atoms in total. The summed E-state index contributed by atoms with van der Waals surface area (Å²) in [4.78, 5) is 16.9. The first-order valence-corrected chi connectivity index (χ1v) is 8.48. The Morgan fingerprint density at radius 2 is 2.00 bits per heavy atom. The van der Waals surface area contributed by atoms with Crippen molar-refractivity contribution in [2.45, 2.75) is 20.0 Å². The number of rotatable bonds is 5. The van der Waals surface area contributed by atoms with Gasteiger partial charge in [-0.05, 0) is 36.6 Å². The third-order valence-electron chi connectivity index (χ3n) is 4.38. The van der Waals surface area contributed by atoms with Crippen LogP contribution in [0.15, 0.2) is 67.1 Å². The lowest BCUT2D eigenvalue weighted by Crippen LogP contribution is -2.28. The van der Waals surface area contributed by atoms with Gasteiger partial charge in [0, 0.05) is 41.9 Å². The van der Waals surface area contributed by atoms with E-state index in [0.717, 1.165) is 28.0 Å². The molecule has 0 saturated heterocycles. The average molecular weight is 345 g/mol. The summed E-state index contributed by atoms with van der Waals surface area (Å²) in [6.45, 7) is 2.71. The summed E-state index contributed by atoms with van der Waals surface area (Å²) in [5, 5.41) is 8.35. The molecule has 0 unspecified atom stereocenters. The van der Waals surface area contributed by atoms with Crippen molar-refractivity contribution in [3.05, 3.63) is 78.4 Å². The van der Waals surface area contributed by atoms with Gasteiger partial charge in [0.1, 0.15) is 6.54 Å². The molecule has 26 heavy (non-hydrogen) atoms. The highest BCUT2D eigenvalue weighted by Crippen LogP contribution is 2.19. The zero-order chi connectivity index (χ0) is 17.9. The lowest BCUT2D eigenvalue weighted by Gasteiger charge is -2.11. The molecular formula is C20H19N5O. The third-order valence-corrected chi connectivity index (χ3v) is 4.38. The first-order valence-electron chi connectivity index (χ1n) is 8.48. The quantitative estimate of drug-likeness (QED) is 0.605. The summed E-state index contributed by atoms with van der Waals surface area (Å²) >= 11 is 0. The molecule has 1 aromatic carbocycles. The van der Waals surface area contributed by atoms with E-state index in [1.165, 1.54) is 0 Å². The Morgan fingerprint density at radius 3 is 2.85 bits per heavy atom. The Hall–Kier alpha value is -3.41. The van der Waals surface area contributed by atoms with Crippen LogP contribution in [0.3, 0.4) is 0 Å². The van der Waals surface area contributed by atoms with Crippen molar-refractivity contribution in [1.82, 2.24) is 24.6 Å². The molecule has 1 amide bonds. The van der Waals surface area contributed by atoms with Crippen molar-refractivity contribution in [2.75, 3.05) is 0 Å². The molecule has 0 aliphatic carbocycles. The normalized spacial score (nSPS) is 11.0. The second kappa shape index (κ2) is 6.84. The molecule has 3 heterocycles. The summed E-state index contributed by atoms with van der Waals surface area (Å²) in [6.07, 6.45) is 5.26. The molecule has 3 aromatic heterocycles. The molecule has 0 radical (unpaired) electrons. The number of aromatic nitrogens is 4. The topological polar surface area (TPSA) is 64.7 Å². The first kappa shape index (κ1) is 16.1. The summed E-state index contributed by atoms with van der Waals surface area (Å²) in [5.74, 6) is 0.685. The standard InChI is InChI=1S/C20H19N5O/c1-15-12-16-6-2-3-8-18(16)24(15)14-19(26)22-13-17-7-4-9-21-20(17)25-11-5-10-23-25/h2-12H,13-14H2,1H3,(H,22,26). The largest absolute Gasteiger partial charge is 0.350 e. The minimum Gasteiger partial charge on any atom is -0.350 e. The fourth-order valence-corrected chi connectivity index (χ4v) is 3.12. The molecule has 6 heteroatoms. The van der Waals surface area contributed by atoms with E-state index in [2.05, 4.69) is 27.5 Å². The van der Waals surface area contributed by atoms with Gasteiger partial charge in [-0.2, -0.15) is 5.10 Å². The molecule has 130 valence electrons. The van der Waals surface area contributed by atoms with Gasteiger partial charge in [0.15, 0.2) is 5.82 Å². The van der Waals surface area contributed by atoms with E-state index in [1.807, 2.05) is 54.1 Å². The van der Waals surface area contributed by atoms with Crippen LogP contribution < -0.4 is 5.32 Å². The number of aryl methyl sites for hydroxylation is 1. The number of fused-ring (bicyclic) bond motifs is 1. The van der Waals surface area contributed by atoms with Crippen LogP contribution in [-0.2, 0) is 17.9 Å². The summed E-state index contributed by atoms with van der Waals surface area (Å²) in [6, 6.07) is 15.8. The van der Waals surface area contributed by atoms with Crippen LogP contribution in [0.2, 0.25) is 0 Å². The lowest BCUT2D eigenvalue weighted by atomic mass is 10.2. The number of benzene rings is 1. The van der Waals surface area contributed by atoms with Gasteiger partial charge in [-0.3, -0.25) is 4.79 Å². The van der Waals surface area contributed by atoms with Gasteiger partial charge in [-0.15, -0.1) is 0 Å². The van der Waals surface area contributed by atoms with Crippen LogP contribution >= 0.6 is 0 Å². The van der Waals surface area contributed by atoms with Crippen LogP contribution in [0, 0.1) is 6.92 Å². The molecule has 1 N–H and O–H groups in total. The van der Waals surface area contributed by atoms with Crippen molar-refractivity contribution in [1.29, 1.82) is 0 Å². The summed E-state index contributed by atoms with van der Waals surface area (Å²) in [7, 11) is 0. The highest BCUT2D eigenvalue weighted by atomic mass is 16.1. The minimum atomic E-state index is -0.0373. The first-order chi connectivity index (χ1) is 12.7. The Balaban J connectivity index is 1.49. The average Bonchev–Trinajstić information content (AvgIpc) is 3.29. The highest BCUT2D eigenvalue weighted by Gasteiger charge is 2.11. The van der Waals surface area contributed by atoms with E-state index in [9.17, 15) is 4.79 Å². The maximum absolute atomic E-state index is 12.5. The Kier molecular flexibility index (Phi) is 4.23. The van der Waals surface area contributed by atoms with Gasteiger partial charge in [0.05, 0.1) is 0 Å². The summed E-state index contributed by atoms with van der Waals surface area (Å²) in [5.41, 5.74) is 3.05. The number of hydrogen-bond acceptors (Lipinski definition) is 3. The number of nitrogens with zero attached hydrogens (tertiary/aromatic N) is 4. The number of carbonyl (C=O) groups is 1. The highest BCUT2D eigenvalue weighted by molar-refractivity contribution is 5.84. The fourth-order valence-electron chi connectivity index (χ4n) is 3.12. The van der Waals surface area contributed by atoms with E-state index in [0.29, 0.717) is 6.54 Å². The van der Waals surface area contributed by atoms with Crippen LogP contribution in [0.25, 0.3) is 16.7 Å². The fraction of sp³-hybridized carbons (Fsp3) is 0.150. The zero-order valence-electron chi connectivity index (χ0n) is 14.5. The van der Waals surface area contributed by atoms with Crippen molar-refractivity contribution in [2.24, 2.45) is 0 Å². The zero-order valence-corrected chi connectivity index (χ0v) is 14.5. The number of pyridine rings is 1. The SMILES string of the molecule is Cc1cc2ccccc2n1CC(=O)NCc1cccnc1-n1cccn1. The number of hydrogen-bond donors (Lipinski definition) is 1. The molecule has 0 aliphatic heterocycles. The van der Waals surface area contributed by atoms with E-state index >= 15 is 0 Å². The lowest BCUT2D eigenvalue weighted by molar-refractivity contribution is -0.121. The monoisotopic (exact) mass is 345 g/mol. The van der Waals surface area contributed by atoms with Gasteiger partial charge in [0.25, 0.3) is 0 Å². The minimum absolute atomic E-state index is 0.0373. The predicted octanol–water partition coefficient (Wildman–Crippen LogP) is 2.85. The van der Waals surface area contributed by atoms with E-state index < -0.39 is 0 Å². The van der Waals surface area contributed by atoms with Gasteiger partial charge >= 0.3 is 0 Å². The maximum Gasteiger partial charge on any atom is 0.240 e. The van der Waals surface area contributed by atoms with Crippen LogP contribution in [0.1, 0.15) is 11.3 Å². The van der Waals surface area contributed by atoms with Gasteiger partial charge in [0.2, 0.25) is 5.91 Å².